The quantitative estimate of drug-likeness (QED) is 0.843. The van der Waals surface area contributed by atoms with Crippen LogP contribution in [0, 0.1) is 5.92 Å². The summed E-state index contributed by atoms with van der Waals surface area (Å²) in [6.45, 7) is 3.85. The van der Waals surface area contributed by atoms with Gasteiger partial charge in [0.15, 0.2) is 6.61 Å². The van der Waals surface area contributed by atoms with E-state index >= 15 is 0 Å². The van der Waals surface area contributed by atoms with Gasteiger partial charge in [-0.1, -0.05) is 6.92 Å². The summed E-state index contributed by atoms with van der Waals surface area (Å²) in [5.74, 6) is 1.25. The second-order valence-corrected chi connectivity index (χ2v) is 4.99. The van der Waals surface area contributed by atoms with Crippen LogP contribution in [0.5, 0.6) is 5.75 Å². The Bertz CT molecular complexity index is 462. The molecule has 0 saturated carbocycles. The van der Waals surface area contributed by atoms with Crippen molar-refractivity contribution in [1.29, 1.82) is 0 Å². The summed E-state index contributed by atoms with van der Waals surface area (Å²) >= 11 is 0. The average molecular weight is 263 g/mol. The van der Waals surface area contributed by atoms with E-state index in [-0.39, 0.29) is 12.5 Å². The Morgan fingerprint density at radius 2 is 2.32 bits per heavy atom. The summed E-state index contributed by atoms with van der Waals surface area (Å²) in [5, 5.41) is 3.37. The lowest BCUT2D eigenvalue weighted by Gasteiger charge is -2.26. The van der Waals surface area contributed by atoms with E-state index in [9.17, 15) is 4.79 Å². The maximum absolute atomic E-state index is 11.6. The number of hydrogen-bond donors (Lipinski definition) is 2. The first-order valence-corrected chi connectivity index (χ1v) is 6.59. The minimum atomic E-state index is -0.0267. The number of anilines is 2. The summed E-state index contributed by atoms with van der Waals surface area (Å²) in [4.78, 5) is 13.2. The highest BCUT2D eigenvalue weighted by Gasteiger charge is 2.22. The molecule has 0 saturated heterocycles. The molecule has 0 fully saturated rings. The van der Waals surface area contributed by atoms with Crippen LogP contribution in [0.2, 0.25) is 0 Å². The third-order valence-electron chi connectivity index (χ3n) is 3.36. The number of likely N-dealkylation sites (N-methyl/N-ethyl adjacent to an activating group) is 1. The van der Waals surface area contributed by atoms with E-state index in [0.29, 0.717) is 12.5 Å². The normalized spacial score (nSPS) is 15.7. The summed E-state index contributed by atoms with van der Waals surface area (Å²) in [6.07, 6.45) is 0.999. The monoisotopic (exact) mass is 263 g/mol. The van der Waals surface area contributed by atoms with Crippen molar-refractivity contribution in [3.63, 3.8) is 0 Å². The predicted octanol–water partition coefficient (Wildman–Crippen LogP) is 1.44. The molecule has 1 aliphatic rings. The molecule has 1 aromatic carbocycles. The highest BCUT2D eigenvalue weighted by molar-refractivity contribution is 5.97. The number of nitrogens with two attached hydrogens (primary N) is 1. The number of nitrogens with one attached hydrogen (secondary N) is 1. The van der Waals surface area contributed by atoms with Gasteiger partial charge in [0.2, 0.25) is 0 Å². The van der Waals surface area contributed by atoms with Gasteiger partial charge in [-0.2, -0.15) is 0 Å². The molecule has 0 bridgehead atoms. The Balaban J connectivity index is 2.06. The van der Waals surface area contributed by atoms with Crippen LogP contribution in [-0.4, -0.2) is 32.7 Å². The second-order valence-electron chi connectivity index (χ2n) is 4.99. The molecule has 2 rings (SSSR count). The molecule has 1 aliphatic heterocycles. The molecule has 0 aliphatic carbocycles. The van der Waals surface area contributed by atoms with Gasteiger partial charge in [-0.25, -0.2) is 0 Å². The molecule has 1 amide bonds. The van der Waals surface area contributed by atoms with Gasteiger partial charge in [-0.3, -0.25) is 4.79 Å². The van der Waals surface area contributed by atoms with Crippen LogP contribution in [0.4, 0.5) is 11.4 Å². The summed E-state index contributed by atoms with van der Waals surface area (Å²) in [6, 6.07) is 5.81. The van der Waals surface area contributed by atoms with Crippen LogP contribution in [-0.2, 0) is 4.79 Å². The number of fused-ring (bicyclic) bond motifs is 1. The SMILES string of the molecule is CC(CCN)CNc1ccc2c(c1)N(C)C(=O)CO2. The fourth-order valence-electron chi connectivity index (χ4n) is 2.06. The van der Waals surface area contributed by atoms with E-state index in [0.717, 1.165) is 30.1 Å². The molecule has 0 radical (unpaired) electrons. The summed E-state index contributed by atoms with van der Waals surface area (Å²) < 4.78 is 5.39. The molecule has 104 valence electrons. The third kappa shape index (κ3) is 3.17. The van der Waals surface area contributed by atoms with Crippen LogP contribution >= 0.6 is 0 Å². The molecule has 3 N–H and O–H groups in total. The standard InChI is InChI=1S/C14H21N3O2/c1-10(5-6-15)8-16-11-3-4-13-12(7-11)17(2)14(18)9-19-13/h3-4,7,10,16H,5-6,8-9,15H2,1-2H3. The van der Waals surface area contributed by atoms with Gasteiger partial charge in [-0.05, 0) is 37.1 Å². The van der Waals surface area contributed by atoms with E-state index in [4.69, 9.17) is 10.5 Å². The molecule has 1 heterocycles. The predicted molar refractivity (Wildman–Crippen MR) is 76.7 cm³/mol. The first kappa shape index (κ1) is 13.7. The molecule has 0 spiro atoms. The molecule has 19 heavy (non-hydrogen) atoms. The molecular formula is C14H21N3O2. The zero-order valence-corrected chi connectivity index (χ0v) is 11.5. The minimum absolute atomic E-state index is 0.0267. The van der Waals surface area contributed by atoms with Crippen molar-refractivity contribution in [2.24, 2.45) is 11.7 Å². The fourth-order valence-corrected chi connectivity index (χ4v) is 2.06. The molecule has 1 atom stereocenters. The topological polar surface area (TPSA) is 67.6 Å². The summed E-state index contributed by atoms with van der Waals surface area (Å²) in [5.41, 5.74) is 7.34. The van der Waals surface area contributed by atoms with Crippen LogP contribution in [0.1, 0.15) is 13.3 Å². The number of ether oxygens (including phenoxy) is 1. The van der Waals surface area contributed by atoms with Crippen LogP contribution in [0.3, 0.4) is 0 Å². The van der Waals surface area contributed by atoms with Crippen molar-refractivity contribution < 1.29 is 9.53 Å². The first-order valence-electron chi connectivity index (χ1n) is 6.59. The molecule has 5 heteroatoms. The summed E-state index contributed by atoms with van der Waals surface area (Å²) in [7, 11) is 1.77. The van der Waals surface area contributed by atoms with Crippen LogP contribution in [0.25, 0.3) is 0 Å². The average Bonchev–Trinajstić information content (AvgIpc) is 2.41. The lowest BCUT2D eigenvalue weighted by Crippen LogP contribution is -2.35. The van der Waals surface area contributed by atoms with Crippen molar-refractivity contribution in [2.75, 3.05) is 37.0 Å². The smallest absolute Gasteiger partial charge is 0.264 e. The van der Waals surface area contributed by atoms with Gasteiger partial charge in [0.1, 0.15) is 5.75 Å². The van der Waals surface area contributed by atoms with E-state index in [1.165, 1.54) is 0 Å². The number of rotatable bonds is 5. The van der Waals surface area contributed by atoms with E-state index in [1.54, 1.807) is 11.9 Å². The van der Waals surface area contributed by atoms with E-state index in [2.05, 4.69) is 12.2 Å². The van der Waals surface area contributed by atoms with Gasteiger partial charge >= 0.3 is 0 Å². The van der Waals surface area contributed by atoms with E-state index < -0.39 is 0 Å². The Morgan fingerprint density at radius 3 is 3.05 bits per heavy atom. The molecular weight excluding hydrogens is 242 g/mol. The second kappa shape index (κ2) is 5.93. The fraction of sp³-hybridized carbons (Fsp3) is 0.500. The molecule has 1 aromatic rings. The molecule has 1 unspecified atom stereocenters. The van der Waals surface area contributed by atoms with Gasteiger partial charge in [-0.15, -0.1) is 0 Å². The van der Waals surface area contributed by atoms with Gasteiger partial charge < -0.3 is 20.7 Å². The van der Waals surface area contributed by atoms with E-state index in [1.807, 2.05) is 18.2 Å². The first-order chi connectivity index (χ1) is 9.11. The van der Waals surface area contributed by atoms with Crippen molar-refractivity contribution in [2.45, 2.75) is 13.3 Å². The molecule has 5 nitrogen and oxygen atoms in total. The lowest BCUT2D eigenvalue weighted by atomic mass is 10.1. The lowest BCUT2D eigenvalue weighted by molar-refractivity contribution is -0.120. The Hall–Kier alpha value is -1.75. The maximum atomic E-state index is 11.6. The maximum Gasteiger partial charge on any atom is 0.264 e. The number of carbonyl (C=O) groups excluding carboxylic acids is 1. The minimum Gasteiger partial charge on any atom is -0.482 e. The number of carbonyl (C=O) groups is 1. The molecule has 0 aromatic heterocycles. The zero-order valence-electron chi connectivity index (χ0n) is 11.5. The highest BCUT2D eigenvalue weighted by Crippen LogP contribution is 2.33. The van der Waals surface area contributed by atoms with Crippen molar-refractivity contribution in [1.82, 2.24) is 0 Å². The largest absolute Gasteiger partial charge is 0.482 e. The zero-order chi connectivity index (χ0) is 13.8. The highest BCUT2D eigenvalue weighted by atomic mass is 16.5. The van der Waals surface area contributed by atoms with Gasteiger partial charge in [0.25, 0.3) is 5.91 Å². The van der Waals surface area contributed by atoms with Crippen molar-refractivity contribution in [3.8, 4) is 5.75 Å². The van der Waals surface area contributed by atoms with Crippen LogP contribution < -0.4 is 20.7 Å². The van der Waals surface area contributed by atoms with Crippen molar-refractivity contribution >= 4 is 17.3 Å². The number of benzene rings is 1. The Labute approximate surface area is 113 Å². The van der Waals surface area contributed by atoms with Gasteiger partial charge in [0.05, 0.1) is 5.69 Å². The van der Waals surface area contributed by atoms with Crippen LogP contribution in [0.15, 0.2) is 18.2 Å². The Morgan fingerprint density at radius 1 is 1.53 bits per heavy atom. The third-order valence-corrected chi connectivity index (χ3v) is 3.36. The van der Waals surface area contributed by atoms with Gasteiger partial charge in [0, 0.05) is 19.3 Å². The Kier molecular flexibility index (Phi) is 4.27. The number of hydrogen-bond acceptors (Lipinski definition) is 4. The number of amides is 1. The van der Waals surface area contributed by atoms with Crippen molar-refractivity contribution in [3.05, 3.63) is 18.2 Å². The number of nitrogens with zero attached hydrogens (tertiary/aromatic N) is 1.